The number of carbonyl (C=O) groups excluding carboxylic acids is 1. The molecule has 1 amide bonds. The van der Waals surface area contributed by atoms with Crippen molar-refractivity contribution in [3.63, 3.8) is 0 Å². The van der Waals surface area contributed by atoms with Gasteiger partial charge < -0.3 is 4.90 Å². The second-order valence-electron chi connectivity index (χ2n) is 6.50. The Morgan fingerprint density at radius 3 is 2.11 bits per heavy atom. The molecule has 0 N–H and O–H groups in total. The van der Waals surface area contributed by atoms with Crippen molar-refractivity contribution in [3.05, 3.63) is 0 Å². The average molecular weight is 268 g/mol. The number of hydrogen-bond acceptors (Lipinski definition) is 2. The van der Waals surface area contributed by atoms with Crippen LogP contribution in [0.3, 0.4) is 0 Å². The van der Waals surface area contributed by atoms with Gasteiger partial charge in [0.25, 0.3) is 0 Å². The largest absolute Gasteiger partial charge is 0.340 e. The average Bonchev–Trinajstić information content (AvgIpc) is 2.37. The molecule has 0 aromatic heterocycles. The van der Waals surface area contributed by atoms with E-state index in [1.807, 2.05) is 0 Å². The van der Waals surface area contributed by atoms with Gasteiger partial charge in [-0.15, -0.1) is 0 Å². The topological polar surface area (TPSA) is 23.6 Å². The zero-order valence-electron chi connectivity index (χ0n) is 13.3. The van der Waals surface area contributed by atoms with Gasteiger partial charge in [-0.1, -0.05) is 33.1 Å². The van der Waals surface area contributed by atoms with Gasteiger partial charge >= 0.3 is 0 Å². The summed E-state index contributed by atoms with van der Waals surface area (Å²) in [6, 6.07) is 0.605. The molecule has 0 aromatic rings. The molecule has 1 aliphatic rings. The first kappa shape index (κ1) is 16.5. The molecule has 1 rings (SSSR count). The lowest BCUT2D eigenvalue weighted by atomic mass is 10.0. The van der Waals surface area contributed by atoms with Crippen LogP contribution in [0.25, 0.3) is 0 Å². The van der Waals surface area contributed by atoms with Crippen LogP contribution in [0.5, 0.6) is 0 Å². The van der Waals surface area contributed by atoms with E-state index in [0.29, 0.717) is 11.9 Å². The first-order valence-electron chi connectivity index (χ1n) is 8.02. The molecule has 0 atom stereocenters. The second-order valence-corrected chi connectivity index (χ2v) is 6.50. The first-order valence-corrected chi connectivity index (χ1v) is 8.02. The van der Waals surface area contributed by atoms with E-state index in [0.717, 1.165) is 44.9 Å². The van der Waals surface area contributed by atoms with Gasteiger partial charge in [0.05, 0.1) is 0 Å². The van der Waals surface area contributed by atoms with Crippen LogP contribution < -0.4 is 0 Å². The Labute approximate surface area is 119 Å². The van der Waals surface area contributed by atoms with Crippen LogP contribution in [0, 0.1) is 5.92 Å². The van der Waals surface area contributed by atoms with Crippen molar-refractivity contribution in [1.82, 2.24) is 9.80 Å². The Hall–Kier alpha value is -0.570. The van der Waals surface area contributed by atoms with Crippen molar-refractivity contribution in [2.24, 2.45) is 5.92 Å². The van der Waals surface area contributed by atoms with E-state index in [9.17, 15) is 4.79 Å². The summed E-state index contributed by atoms with van der Waals surface area (Å²) in [5, 5.41) is 0. The maximum Gasteiger partial charge on any atom is 0.222 e. The fraction of sp³-hybridized carbons (Fsp3) is 0.938. The van der Waals surface area contributed by atoms with E-state index in [-0.39, 0.29) is 0 Å². The summed E-state index contributed by atoms with van der Waals surface area (Å²) in [4.78, 5) is 16.6. The third kappa shape index (κ3) is 6.42. The monoisotopic (exact) mass is 268 g/mol. The predicted octanol–water partition coefficient (Wildman–Crippen LogP) is 3.15. The minimum atomic E-state index is 0.368. The molecule has 0 aliphatic carbocycles. The Kier molecular flexibility index (Phi) is 7.44. The van der Waals surface area contributed by atoms with Gasteiger partial charge in [0, 0.05) is 38.6 Å². The summed E-state index contributed by atoms with van der Waals surface area (Å²) < 4.78 is 0. The van der Waals surface area contributed by atoms with E-state index in [4.69, 9.17) is 0 Å². The Bertz CT molecular complexity index is 255. The lowest BCUT2D eigenvalue weighted by molar-refractivity contribution is -0.133. The Morgan fingerprint density at radius 2 is 1.58 bits per heavy atom. The van der Waals surface area contributed by atoms with Crippen LogP contribution in [0.4, 0.5) is 0 Å². The molecular weight excluding hydrogens is 236 g/mol. The molecule has 3 nitrogen and oxygen atoms in total. The number of amides is 1. The van der Waals surface area contributed by atoms with Crippen LogP contribution in [0.15, 0.2) is 0 Å². The highest BCUT2D eigenvalue weighted by atomic mass is 16.2. The summed E-state index contributed by atoms with van der Waals surface area (Å²) in [6.45, 7) is 12.9. The van der Waals surface area contributed by atoms with E-state index in [1.54, 1.807) is 0 Å². The van der Waals surface area contributed by atoms with E-state index in [1.165, 1.54) is 19.3 Å². The minimum Gasteiger partial charge on any atom is -0.340 e. The lowest BCUT2D eigenvalue weighted by Gasteiger charge is -2.37. The van der Waals surface area contributed by atoms with Crippen LogP contribution in [0.1, 0.15) is 59.8 Å². The molecule has 0 radical (unpaired) electrons. The van der Waals surface area contributed by atoms with Gasteiger partial charge in [-0.25, -0.2) is 0 Å². The smallest absolute Gasteiger partial charge is 0.222 e. The van der Waals surface area contributed by atoms with Crippen LogP contribution in [0.2, 0.25) is 0 Å². The van der Waals surface area contributed by atoms with Gasteiger partial charge in [0.15, 0.2) is 0 Å². The van der Waals surface area contributed by atoms with Crippen molar-refractivity contribution in [2.45, 2.75) is 65.8 Å². The first-order chi connectivity index (χ1) is 9.00. The van der Waals surface area contributed by atoms with Crippen LogP contribution >= 0.6 is 0 Å². The van der Waals surface area contributed by atoms with Gasteiger partial charge in [-0.05, 0) is 26.2 Å². The molecule has 1 saturated heterocycles. The molecule has 0 spiro atoms. The standard InChI is InChI=1S/C16H32N2O/c1-14(2)8-6-5-7-9-16(19)18-12-10-17(11-13-18)15(3)4/h14-15H,5-13H2,1-4H3. The molecular formula is C16H32N2O. The third-order valence-corrected chi connectivity index (χ3v) is 4.07. The van der Waals surface area contributed by atoms with Crippen molar-refractivity contribution >= 4 is 5.91 Å². The second kappa shape index (κ2) is 8.57. The molecule has 1 heterocycles. The number of unbranched alkanes of at least 4 members (excludes halogenated alkanes) is 2. The molecule has 19 heavy (non-hydrogen) atoms. The summed E-state index contributed by atoms with van der Waals surface area (Å²) in [6.07, 6.45) is 5.58. The zero-order chi connectivity index (χ0) is 14.3. The predicted molar refractivity (Wildman–Crippen MR) is 81.2 cm³/mol. The van der Waals surface area contributed by atoms with Crippen LogP contribution in [-0.4, -0.2) is 47.9 Å². The third-order valence-electron chi connectivity index (χ3n) is 4.07. The van der Waals surface area contributed by atoms with Gasteiger partial charge in [0.2, 0.25) is 5.91 Å². The van der Waals surface area contributed by atoms with E-state index < -0.39 is 0 Å². The van der Waals surface area contributed by atoms with Crippen LogP contribution in [-0.2, 0) is 4.79 Å². The SMILES string of the molecule is CC(C)CCCCCC(=O)N1CCN(C(C)C)CC1. The number of nitrogens with zero attached hydrogens (tertiary/aromatic N) is 2. The van der Waals surface area contributed by atoms with E-state index in [2.05, 4.69) is 37.5 Å². The Morgan fingerprint density at radius 1 is 0.947 bits per heavy atom. The molecule has 0 aromatic carbocycles. The van der Waals surface area contributed by atoms with Gasteiger partial charge in [0.1, 0.15) is 0 Å². The maximum absolute atomic E-state index is 12.1. The van der Waals surface area contributed by atoms with E-state index >= 15 is 0 Å². The number of carbonyl (C=O) groups is 1. The highest BCUT2D eigenvalue weighted by molar-refractivity contribution is 5.76. The fourth-order valence-corrected chi connectivity index (χ4v) is 2.65. The van der Waals surface area contributed by atoms with Crippen molar-refractivity contribution < 1.29 is 4.79 Å². The molecule has 0 unspecified atom stereocenters. The normalized spacial score (nSPS) is 17.5. The lowest BCUT2D eigenvalue weighted by Crippen LogP contribution is -2.50. The highest BCUT2D eigenvalue weighted by Gasteiger charge is 2.21. The molecule has 3 heteroatoms. The van der Waals surface area contributed by atoms with Gasteiger partial charge in [-0.2, -0.15) is 0 Å². The molecule has 0 bridgehead atoms. The molecule has 1 fully saturated rings. The van der Waals surface area contributed by atoms with Crippen molar-refractivity contribution in [3.8, 4) is 0 Å². The van der Waals surface area contributed by atoms with Gasteiger partial charge in [-0.3, -0.25) is 9.69 Å². The number of rotatable bonds is 7. The molecule has 1 aliphatic heterocycles. The summed E-state index contributed by atoms with van der Waals surface area (Å²) in [5.41, 5.74) is 0. The molecule has 0 saturated carbocycles. The fourth-order valence-electron chi connectivity index (χ4n) is 2.65. The zero-order valence-corrected chi connectivity index (χ0v) is 13.3. The number of hydrogen-bond donors (Lipinski definition) is 0. The quantitative estimate of drug-likeness (QED) is 0.662. The van der Waals surface area contributed by atoms with Crippen molar-refractivity contribution in [2.75, 3.05) is 26.2 Å². The van der Waals surface area contributed by atoms with Crippen molar-refractivity contribution in [1.29, 1.82) is 0 Å². The molecule has 112 valence electrons. The summed E-state index contributed by atoms with van der Waals surface area (Å²) in [7, 11) is 0. The Balaban J connectivity index is 2.11. The summed E-state index contributed by atoms with van der Waals surface area (Å²) in [5.74, 6) is 1.16. The highest BCUT2D eigenvalue weighted by Crippen LogP contribution is 2.12. The minimum absolute atomic E-state index is 0.368. The number of piperazine rings is 1. The summed E-state index contributed by atoms with van der Waals surface area (Å²) >= 11 is 0. The maximum atomic E-state index is 12.1.